The number of para-hydroxylation sites is 2. The second-order valence-corrected chi connectivity index (χ2v) is 6.66. The SMILES string of the molecule is CSCc1nc2ccccc2n1CC(=O)Nc1cccc([N+](=O)[O-])c1C. The molecule has 3 aromatic rings. The van der Waals surface area contributed by atoms with Crippen molar-refractivity contribution in [2.75, 3.05) is 11.6 Å². The maximum absolute atomic E-state index is 12.6. The van der Waals surface area contributed by atoms with Crippen molar-refractivity contribution < 1.29 is 9.72 Å². The Morgan fingerprint density at radius 3 is 2.77 bits per heavy atom. The summed E-state index contributed by atoms with van der Waals surface area (Å²) in [6, 6.07) is 12.3. The number of nitro benzene ring substituents is 1. The van der Waals surface area contributed by atoms with Crippen molar-refractivity contribution in [1.82, 2.24) is 9.55 Å². The van der Waals surface area contributed by atoms with Crippen LogP contribution in [0, 0.1) is 17.0 Å². The number of benzene rings is 2. The van der Waals surface area contributed by atoms with Gasteiger partial charge in [-0.15, -0.1) is 0 Å². The zero-order valence-corrected chi connectivity index (χ0v) is 15.2. The van der Waals surface area contributed by atoms with Gasteiger partial charge in [-0.1, -0.05) is 18.2 Å². The van der Waals surface area contributed by atoms with Gasteiger partial charge in [0.05, 0.1) is 33.0 Å². The van der Waals surface area contributed by atoms with E-state index in [-0.39, 0.29) is 18.1 Å². The van der Waals surface area contributed by atoms with Gasteiger partial charge in [-0.3, -0.25) is 14.9 Å². The molecule has 0 saturated carbocycles. The highest BCUT2D eigenvalue weighted by Gasteiger charge is 2.17. The number of hydrogen-bond donors (Lipinski definition) is 1. The lowest BCUT2D eigenvalue weighted by Crippen LogP contribution is -2.20. The second-order valence-electron chi connectivity index (χ2n) is 5.79. The van der Waals surface area contributed by atoms with E-state index in [0.29, 0.717) is 17.0 Å². The standard InChI is InChI=1S/C18H18N4O3S/c1-12-13(7-5-9-15(12)22(24)25)20-18(23)10-21-16-8-4-3-6-14(16)19-17(21)11-26-2/h3-9H,10-11H2,1-2H3,(H,20,23). The van der Waals surface area contributed by atoms with Gasteiger partial charge in [0.1, 0.15) is 12.4 Å². The molecule has 134 valence electrons. The molecule has 1 aromatic heterocycles. The first-order chi connectivity index (χ1) is 12.5. The Hall–Kier alpha value is -2.87. The number of imidazole rings is 1. The van der Waals surface area contributed by atoms with E-state index in [9.17, 15) is 14.9 Å². The highest BCUT2D eigenvalue weighted by molar-refractivity contribution is 7.97. The summed E-state index contributed by atoms with van der Waals surface area (Å²) in [6.45, 7) is 1.72. The minimum atomic E-state index is -0.453. The van der Waals surface area contributed by atoms with Crippen LogP contribution in [0.3, 0.4) is 0 Å². The van der Waals surface area contributed by atoms with Crippen LogP contribution >= 0.6 is 11.8 Å². The van der Waals surface area contributed by atoms with E-state index in [1.54, 1.807) is 30.8 Å². The van der Waals surface area contributed by atoms with Crippen LogP contribution in [-0.4, -0.2) is 26.6 Å². The lowest BCUT2D eigenvalue weighted by molar-refractivity contribution is -0.385. The summed E-state index contributed by atoms with van der Waals surface area (Å²) >= 11 is 1.63. The molecule has 26 heavy (non-hydrogen) atoms. The zero-order chi connectivity index (χ0) is 18.7. The van der Waals surface area contributed by atoms with Gasteiger partial charge in [0.2, 0.25) is 5.91 Å². The van der Waals surface area contributed by atoms with Gasteiger partial charge < -0.3 is 9.88 Å². The number of aromatic nitrogens is 2. The summed E-state index contributed by atoms with van der Waals surface area (Å²) in [5.41, 5.74) is 2.60. The molecule has 3 rings (SSSR count). The van der Waals surface area contributed by atoms with E-state index >= 15 is 0 Å². The van der Waals surface area contributed by atoms with Crippen molar-refractivity contribution in [2.45, 2.75) is 19.2 Å². The Balaban J connectivity index is 1.87. The molecule has 0 unspecified atom stereocenters. The molecule has 0 aliphatic carbocycles. The third kappa shape index (κ3) is 3.55. The third-order valence-electron chi connectivity index (χ3n) is 4.08. The Morgan fingerprint density at radius 1 is 1.27 bits per heavy atom. The van der Waals surface area contributed by atoms with Crippen molar-refractivity contribution in [3.05, 3.63) is 64.0 Å². The van der Waals surface area contributed by atoms with Crippen molar-refractivity contribution in [3.8, 4) is 0 Å². The Kier molecular flexibility index (Phi) is 5.22. The molecule has 0 saturated heterocycles. The number of nitrogens with one attached hydrogen (secondary N) is 1. The molecule has 0 radical (unpaired) electrons. The molecule has 0 spiro atoms. The molecule has 0 aliphatic rings. The van der Waals surface area contributed by atoms with Gasteiger partial charge in [0.25, 0.3) is 5.69 Å². The van der Waals surface area contributed by atoms with Gasteiger partial charge in [0.15, 0.2) is 0 Å². The average Bonchev–Trinajstić information content (AvgIpc) is 2.94. The molecule has 0 atom stereocenters. The molecule has 0 fully saturated rings. The minimum absolute atomic E-state index is 0.0149. The van der Waals surface area contributed by atoms with Crippen LogP contribution in [0.1, 0.15) is 11.4 Å². The molecule has 0 bridgehead atoms. The predicted octanol–water partition coefficient (Wildman–Crippen LogP) is 3.75. The summed E-state index contributed by atoms with van der Waals surface area (Å²) < 4.78 is 1.88. The van der Waals surface area contributed by atoms with Gasteiger partial charge in [-0.25, -0.2) is 4.98 Å². The number of fused-ring (bicyclic) bond motifs is 1. The Labute approximate surface area is 154 Å². The molecule has 7 nitrogen and oxygen atoms in total. The van der Waals surface area contributed by atoms with Crippen molar-refractivity contribution in [1.29, 1.82) is 0 Å². The molecule has 0 aliphatic heterocycles. The smallest absolute Gasteiger partial charge is 0.274 e. The number of nitrogens with zero attached hydrogens (tertiary/aromatic N) is 3. The minimum Gasteiger partial charge on any atom is -0.324 e. The summed E-state index contributed by atoms with van der Waals surface area (Å²) in [5.74, 6) is 1.27. The zero-order valence-electron chi connectivity index (χ0n) is 14.4. The van der Waals surface area contributed by atoms with Crippen LogP contribution in [0.4, 0.5) is 11.4 Å². The van der Waals surface area contributed by atoms with E-state index in [1.807, 2.05) is 35.1 Å². The summed E-state index contributed by atoms with van der Waals surface area (Å²) in [4.78, 5) is 27.8. The van der Waals surface area contributed by atoms with E-state index < -0.39 is 4.92 Å². The largest absolute Gasteiger partial charge is 0.324 e. The van der Waals surface area contributed by atoms with Gasteiger partial charge >= 0.3 is 0 Å². The molecular formula is C18H18N4O3S. The monoisotopic (exact) mass is 370 g/mol. The molecule has 8 heteroatoms. The number of carbonyl (C=O) groups is 1. The number of anilines is 1. The highest BCUT2D eigenvalue weighted by atomic mass is 32.2. The molecule has 2 aromatic carbocycles. The third-order valence-corrected chi connectivity index (χ3v) is 4.63. The average molecular weight is 370 g/mol. The van der Waals surface area contributed by atoms with Gasteiger partial charge in [-0.05, 0) is 31.4 Å². The van der Waals surface area contributed by atoms with E-state index in [4.69, 9.17) is 0 Å². The first-order valence-corrected chi connectivity index (χ1v) is 9.37. The highest BCUT2D eigenvalue weighted by Crippen LogP contribution is 2.25. The second kappa shape index (κ2) is 7.57. The fraction of sp³-hybridized carbons (Fsp3) is 0.222. The summed E-state index contributed by atoms with van der Waals surface area (Å²) in [7, 11) is 0. The Morgan fingerprint density at radius 2 is 2.04 bits per heavy atom. The van der Waals surface area contributed by atoms with E-state index in [2.05, 4.69) is 10.3 Å². The lowest BCUT2D eigenvalue weighted by atomic mass is 10.1. The van der Waals surface area contributed by atoms with Crippen LogP contribution in [0.5, 0.6) is 0 Å². The van der Waals surface area contributed by atoms with Crippen LogP contribution < -0.4 is 5.32 Å². The fourth-order valence-electron chi connectivity index (χ4n) is 2.83. The quantitative estimate of drug-likeness (QED) is 0.527. The number of amides is 1. The first kappa shape index (κ1) is 17.9. The number of carbonyl (C=O) groups excluding carboxylic acids is 1. The molecule has 1 N–H and O–H groups in total. The fourth-order valence-corrected chi connectivity index (χ4v) is 3.31. The van der Waals surface area contributed by atoms with Crippen LogP contribution in [0.25, 0.3) is 11.0 Å². The topological polar surface area (TPSA) is 90.1 Å². The first-order valence-electron chi connectivity index (χ1n) is 7.98. The van der Waals surface area contributed by atoms with Gasteiger partial charge in [-0.2, -0.15) is 11.8 Å². The van der Waals surface area contributed by atoms with Crippen LogP contribution in [0.15, 0.2) is 42.5 Å². The molecule has 1 heterocycles. The number of rotatable bonds is 6. The number of thioether (sulfide) groups is 1. The van der Waals surface area contributed by atoms with Gasteiger partial charge in [0, 0.05) is 6.07 Å². The molecular weight excluding hydrogens is 352 g/mol. The Bertz CT molecular complexity index is 984. The summed E-state index contributed by atoms with van der Waals surface area (Å²) in [6.07, 6.45) is 1.98. The van der Waals surface area contributed by atoms with Crippen LogP contribution in [0.2, 0.25) is 0 Å². The van der Waals surface area contributed by atoms with Crippen molar-refractivity contribution in [2.24, 2.45) is 0 Å². The van der Waals surface area contributed by atoms with Crippen molar-refractivity contribution >= 4 is 40.1 Å². The number of nitro groups is 1. The van der Waals surface area contributed by atoms with Crippen molar-refractivity contribution in [3.63, 3.8) is 0 Å². The maximum atomic E-state index is 12.6. The van der Waals surface area contributed by atoms with E-state index in [1.165, 1.54) is 6.07 Å². The maximum Gasteiger partial charge on any atom is 0.274 e. The van der Waals surface area contributed by atoms with E-state index in [0.717, 1.165) is 16.9 Å². The molecule has 1 amide bonds. The normalized spacial score (nSPS) is 10.8. The summed E-state index contributed by atoms with van der Waals surface area (Å²) in [5, 5.41) is 13.8. The lowest BCUT2D eigenvalue weighted by Gasteiger charge is -2.11. The van der Waals surface area contributed by atoms with Crippen LogP contribution in [-0.2, 0) is 17.1 Å². The number of hydrogen-bond acceptors (Lipinski definition) is 5. The predicted molar refractivity (Wildman–Crippen MR) is 103 cm³/mol.